The molecule has 0 heterocycles. The number of phenolic OH excluding ortho intramolecular Hbond substituents is 1. The maximum atomic E-state index is 12.3. The molecule has 0 bridgehead atoms. The minimum absolute atomic E-state index is 0.0395. The Hall–Kier alpha value is -3.26. The number of aromatic hydroxyl groups is 1. The smallest absolute Gasteiger partial charge is 0.262 e. The maximum Gasteiger partial charge on any atom is 0.262 e. The van der Waals surface area contributed by atoms with Crippen LogP contribution in [-0.4, -0.2) is 18.1 Å². The summed E-state index contributed by atoms with van der Waals surface area (Å²) >= 11 is 0. The summed E-state index contributed by atoms with van der Waals surface area (Å²) in [5.74, 6) is -0.196. The Labute approximate surface area is 140 Å². The van der Waals surface area contributed by atoms with Gasteiger partial charge in [-0.2, -0.15) is 5.26 Å². The first-order valence-corrected chi connectivity index (χ1v) is 7.39. The first kappa shape index (κ1) is 17.1. The quantitative estimate of drug-likeness (QED) is 0.654. The van der Waals surface area contributed by atoms with Crippen molar-refractivity contribution in [3.05, 3.63) is 65.2 Å². The number of hydrogen-bond donors (Lipinski definition) is 2. The SMILES string of the molecule is COc1ccc(C=C(C#N)C(=O)NC(C)c2ccccc2)cc1O. The minimum Gasteiger partial charge on any atom is -0.504 e. The molecule has 1 amide bonds. The van der Waals surface area contributed by atoms with E-state index in [4.69, 9.17) is 4.74 Å². The van der Waals surface area contributed by atoms with Crippen LogP contribution in [0.2, 0.25) is 0 Å². The number of ether oxygens (including phenoxy) is 1. The van der Waals surface area contributed by atoms with Crippen molar-refractivity contribution in [2.24, 2.45) is 0 Å². The van der Waals surface area contributed by atoms with Crippen LogP contribution in [-0.2, 0) is 4.79 Å². The van der Waals surface area contributed by atoms with Gasteiger partial charge in [-0.3, -0.25) is 4.79 Å². The number of nitriles is 1. The molecule has 122 valence electrons. The van der Waals surface area contributed by atoms with Gasteiger partial charge in [0.15, 0.2) is 11.5 Å². The molecule has 0 spiro atoms. The molecule has 2 rings (SSSR count). The summed E-state index contributed by atoms with van der Waals surface area (Å²) in [6.07, 6.45) is 1.42. The van der Waals surface area contributed by atoms with Crippen molar-refractivity contribution in [3.8, 4) is 17.6 Å². The van der Waals surface area contributed by atoms with Gasteiger partial charge in [-0.05, 0) is 36.3 Å². The van der Waals surface area contributed by atoms with E-state index >= 15 is 0 Å². The fraction of sp³-hybridized carbons (Fsp3) is 0.158. The maximum absolute atomic E-state index is 12.3. The zero-order valence-electron chi connectivity index (χ0n) is 13.5. The van der Waals surface area contributed by atoms with Crippen molar-refractivity contribution in [1.29, 1.82) is 5.26 Å². The van der Waals surface area contributed by atoms with Crippen LogP contribution >= 0.6 is 0 Å². The summed E-state index contributed by atoms with van der Waals surface area (Å²) in [5.41, 5.74) is 1.44. The molecule has 0 fully saturated rings. The molecular formula is C19H18N2O3. The Balaban J connectivity index is 2.17. The number of carbonyl (C=O) groups is 1. The number of rotatable bonds is 5. The van der Waals surface area contributed by atoms with Gasteiger partial charge in [-0.25, -0.2) is 0 Å². The van der Waals surface area contributed by atoms with Crippen molar-refractivity contribution in [2.45, 2.75) is 13.0 Å². The van der Waals surface area contributed by atoms with Crippen LogP contribution in [0.3, 0.4) is 0 Å². The van der Waals surface area contributed by atoms with Crippen LogP contribution < -0.4 is 10.1 Å². The summed E-state index contributed by atoms with van der Waals surface area (Å²) in [6.45, 7) is 1.85. The molecule has 2 aromatic rings. The number of nitrogens with one attached hydrogen (secondary N) is 1. The predicted molar refractivity (Wildman–Crippen MR) is 91.2 cm³/mol. The standard InChI is InChI=1S/C19H18N2O3/c1-13(15-6-4-3-5-7-15)21-19(23)16(12-20)10-14-8-9-18(24-2)17(22)11-14/h3-11,13,22H,1-2H3,(H,21,23). The van der Waals surface area contributed by atoms with Gasteiger partial charge in [-0.15, -0.1) is 0 Å². The summed E-state index contributed by atoms with van der Waals surface area (Å²) < 4.78 is 4.97. The number of phenols is 1. The average molecular weight is 322 g/mol. The monoisotopic (exact) mass is 322 g/mol. The van der Waals surface area contributed by atoms with Crippen LogP contribution in [0.1, 0.15) is 24.1 Å². The van der Waals surface area contributed by atoms with Gasteiger partial charge in [0.1, 0.15) is 11.6 Å². The lowest BCUT2D eigenvalue weighted by atomic mass is 10.1. The van der Waals surface area contributed by atoms with Crippen molar-refractivity contribution < 1.29 is 14.6 Å². The molecule has 0 saturated carbocycles. The predicted octanol–water partition coefficient (Wildman–Crippen LogP) is 3.19. The molecule has 2 aromatic carbocycles. The second-order valence-corrected chi connectivity index (χ2v) is 5.21. The molecule has 24 heavy (non-hydrogen) atoms. The molecule has 2 N–H and O–H groups in total. The Kier molecular flexibility index (Phi) is 5.58. The van der Waals surface area contributed by atoms with Gasteiger partial charge >= 0.3 is 0 Å². The molecule has 0 aliphatic rings. The zero-order chi connectivity index (χ0) is 17.5. The van der Waals surface area contributed by atoms with E-state index in [9.17, 15) is 15.2 Å². The highest BCUT2D eigenvalue weighted by atomic mass is 16.5. The second-order valence-electron chi connectivity index (χ2n) is 5.21. The normalized spacial score (nSPS) is 12.1. The molecule has 5 nitrogen and oxygen atoms in total. The number of amides is 1. The van der Waals surface area contributed by atoms with E-state index in [0.29, 0.717) is 11.3 Å². The highest BCUT2D eigenvalue weighted by Gasteiger charge is 2.14. The second kappa shape index (κ2) is 7.84. The van der Waals surface area contributed by atoms with Crippen molar-refractivity contribution in [2.75, 3.05) is 7.11 Å². The first-order valence-electron chi connectivity index (χ1n) is 7.39. The molecule has 0 saturated heterocycles. The highest BCUT2D eigenvalue weighted by Crippen LogP contribution is 2.27. The van der Waals surface area contributed by atoms with Crippen molar-refractivity contribution in [3.63, 3.8) is 0 Å². The largest absolute Gasteiger partial charge is 0.504 e. The van der Waals surface area contributed by atoms with Crippen LogP contribution in [0.25, 0.3) is 6.08 Å². The van der Waals surface area contributed by atoms with Crippen molar-refractivity contribution >= 4 is 12.0 Å². The minimum atomic E-state index is -0.468. The van der Waals surface area contributed by atoms with Gasteiger partial charge in [0, 0.05) is 0 Å². The lowest BCUT2D eigenvalue weighted by molar-refractivity contribution is -0.117. The Morgan fingerprint density at radius 3 is 2.58 bits per heavy atom. The molecule has 0 aliphatic carbocycles. The number of methoxy groups -OCH3 is 1. The fourth-order valence-corrected chi connectivity index (χ4v) is 2.21. The molecule has 0 radical (unpaired) electrons. The van der Waals surface area contributed by atoms with Gasteiger partial charge in [0.05, 0.1) is 13.2 Å². The van der Waals surface area contributed by atoms with E-state index < -0.39 is 5.91 Å². The van der Waals surface area contributed by atoms with Gasteiger partial charge in [0.2, 0.25) is 0 Å². The molecule has 5 heteroatoms. The van der Waals surface area contributed by atoms with Gasteiger partial charge in [-0.1, -0.05) is 36.4 Å². The Bertz CT molecular complexity index is 792. The van der Waals surface area contributed by atoms with Crippen molar-refractivity contribution in [1.82, 2.24) is 5.32 Å². The number of nitrogens with zero attached hydrogens (tertiary/aromatic N) is 1. The summed E-state index contributed by atoms with van der Waals surface area (Å²) in [7, 11) is 1.45. The number of benzene rings is 2. The van der Waals surface area contributed by atoms with E-state index in [1.54, 1.807) is 12.1 Å². The van der Waals surface area contributed by atoms with Crippen LogP contribution in [0.15, 0.2) is 54.1 Å². The Morgan fingerprint density at radius 2 is 2.00 bits per heavy atom. The lowest BCUT2D eigenvalue weighted by Gasteiger charge is -2.13. The number of carbonyl (C=O) groups excluding carboxylic acids is 1. The number of hydrogen-bond acceptors (Lipinski definition) is 4. The van der Waals surface area contributed by atoms with Crippen LogP contribution in [0, 0.1) is 11.3 Å². The molecular weight excluding hydrogens is 304 g/mol. The van der Waals surface area contributed by atoms with E-state index in [1.807, 2.05) is 43.3 Å². The summed E-state index contributed by atoms with van der Waals surface area (Å²) in [5, 5.41) is 21.8. The molecule has 0 aromatic heterocycles. The van der Waals surface area contributed by atoms with Crippen LogP contribution in [0.4, 0.5) is 0 Å². The first-order chi connectivity index (χ1) is 11.5. The summed E-state index contributed by atoms with van der Waals surface area (Å²) in [4.78, 5) is 12.3. The summed E-state index contributed by atoms with van der Waals surface area (Å²) in [6, 6.07) is 15.8. The third-order valence-electron chi connectivity index (χ3n) is 3.53. The topological polar surface area (TPSA) is 82.3 Å². The highest BCUT2D eigenvalue weighted by molar-refractivity contribution is 6.01. The van der Waals surface area contributed by atoms with Gasteiger partial charge < -0.3 is 15.2 Å². The van der Waals surface area contributed by atoms with E-state index in [-0.39, 0.29) is 17.4 Å². The third kappa shape index (κ3) is 4.14. The Morgan fingerprint density at radius 1 is 1.29 bits per heavy atom. The molecule has 0 aliphatic heterocycles. The van der Waals surface area contributed by atoms with E-state index in [1.165, 1.54) is 19.3 Å². The average Bonchev–Trinajstić information content (AvgIpc) is 2.60. The lowest BCUT2D eigenvalue weighted by Crippen LogP contribution is -2.27. The fourth-order valence-electron chi connectivity index (χ4n) is 2.21. The van der Waals surface area contributed by atoms with Gasteiger partial charge in [0.25, 0.3) is 5.91 Å². The van der Waals surface area contributed by atoms with Crippen LogP contribution in [0.5, 0.6) is 11.5 Å². The van der Waals surface area contributed by atoms with E-state index in [0.717, 1.165) is 5.56 Å². The zero-order valence-corrected chi connectivity index (χ0v) is 13.5. The molecule has 1 atom stereocenters. The molecule has 1 unspecified atom stereocenters. The third-order valence-corrected chi connectivity index (χ3v) is 3.53. The van der Waals surface area contributed by atoms with E-state index in [2.05, 4.69) is 5.32 Å².